The molecule has 1 N–H and O–H groups in total. The summed E-state index contributed by atoms with van der Waals surface area (Å²) >= 11 is 0. The van der Waals surface area contributed by atoms with Crippen molar-refractivity contribution < 1.29 is 4.79 Å². The highest BCUT2D eigenvalue weighted by Crippen LogP contribution is 1.92. The monoisotopic (exact) mass is 143 g/mol. The predicted molar refractivity (Wildman–Crippen MR) is 43.0 cm³/mol. The van der Waals surface area contributed by atoms with Gasteiger partial charge in [0.05, 0.1) is 6.54 Å². The Hall–Kier alpha value is -0.370. The molecule has 0 heterocycles. The molecule has 60 valence electrons. The van der Waals surface area contributed by atoms with E-state index in [1.165, 1.54) is 0 Å². The van der Waals surface area contributed by atoms with Crippen LogP contribution in [-0.4, -0.2) is 18.4 Å². The van der Waals surface area contributed by atoms with Gasteiger partial charge >= 0.3 is 0 Å². The summed E-state index contributed by atoms with van der Waals surface area (Å²) in [6.45, 7) is 8.42. The van der Waals surface area contributed by atoms with Crippen LogP contribution in [0.2, 0.25) is 0 Å². The molecule has 0 radical (unpaired) electrons. The van der Waals surface area contributed by atoms with E-state index in [1.54, 1.807) is 0 Å². The van der Waals surface area contributed by atoms with Gasteiger partial charge in [0.1, 0.15) is 5.78 Å². The van der Waals surface area contributed by atoms with E-state index in [1.807, 2.05) is 27.7 Å². The minimum Gasteiger partial charge on any atom is -0.308 e. The first-order chi connectivity index (χ1) is 4.54. The summed E-state index contributed by atoms with van der Waals surface area (Å²) in [4.78, 5) is 11.0. The minimum atomic E-state index is 0.159. The number of carbonyl (C=O) groups excluding carboxylic acids is 1. The lowest BCUT2D eigenvalue weighted by molar-refractivity contribution is -0.121. The van der Waals surface area contributed by atoms with Crippen LogP contribution in [-0.2, 0) is 4.79 Å². The normalized spacial score (nSPS) is 11.0. The summed E-state index contributed by atoms with van der Waals surface area (Å²) in [5.74, 6) is 0.444. The van der Waals surface area contributed by atoms with Gasteiger partial charge in [0, 0.05) is 12.0 Å². The van der Waals surface area contributed by atoms with E-state index in [0.717, 1.165) is 0 Å². The van der Waals surface area contributed by atoms with Crippen LogP contribution in [0.4, 0.5) is 0 Å². The zero-order valence-electron chi connectivity index (χ0n) is 7.27. The molecule has 0 saturated heterocycles. The van der Waals surface area contributed by atoms with Crippen LogP contribution in [0, 0.1) is 5.92 Å². The molecule has 0 amide bonds. The van der Waals surface area contributed by atoms with Crippen LogP contribution in [0.15, 0.2) is 0 Å². The number of carbonyl (C=O) groups is 1. The van der Waals surface area contributed by atoms with Gasteiger partial charge in [-0.05, 0) is 0 Å². The molecule has 0 saturated carbocycles. The summed E-state index contributed by atoms with van der Waals surface area (Å²) in [6.07, 6.45) is 0. The van der Waals surface area contributed by atoms with E-state index in [0.29, 0.717) is 12.6 Å². The third kappa shape index (κ3) is 4.50. The maximum atomic E-state index is 11.0. The molecule has 0 aromatic heterocycles. The highest BCUT2D eigenvalue weighted by molar-refractivity contribution is 5.82. The lowest BCUT2D eigenvalue weighted by Gasteiger charge is -2.08. The third-order valence-corrected chi connectivity index (χ3v) is 1.33. The van der Waals surface area contributed by atoms with Crippen LogP contribution >= 0.6 is 0 Å². The Kier molecular flexibility index (Phi) is 4.28. The van der Waals surface area contributed by atoms with Gasteiger partial charge in [0.15, 0.2) is 0 Å². The highest BCUT2D eigenvalue weighted by atomic mass is 16.1. The molecular weight excluding hydrogens is 126 g/mol. The standard InChI is InChI=1S/C8H17NO/c1-6(2)8(10)5-9-7(3)4/h6-7,9H,5H2,1-4H3. The topological polar surface area (TPSA) is 29.1 Å². The van der Waals surface area contributed by atoms with Crippen molar-refractivity contribution in [2.45, 2.75) is 33.7 Å². The van der Waals surface area contributed by atoms with Crippen molar-refractivity contribution in [3.05, 3.63) is 0 Å². The lowest BCUT2D eigenvalue weighted by atomic mass is 10.1. The van der Waals surface area contributed by atoms with Crippen molar-refractivity contribution in [1.29, 1.82) is 0 Å². The average Bonchev–Trinajstić information content (AvgIpc) is 1.82. The van der Waals surface area contributed by atoms with Crippen molar-refractivity contribution in [1.82, 2.24) is 5.32 Å². The average molecular weight is 143 g/mol. The van der Waals surface area contributed by atoms with Crippen LogP contribution in [0.1, 0.15) is 27.7 Å². The molecular formula is C8H17NO. The van der Waals surface area contributed by atoms with Gasteiger partial charge in [-0.15, -0.1) is 0 Å². The Morgan fingerprint density at radius 3 is 2.10 bits per heavy atom. The van der Waals surface area contributed by atoms with Crippen LogP contribution in [0.3, 0.4) is 0 Å². The van der Waals surface area contributed by atoms with Crippen LogP contribution < -0.4 is 5.32 Å². The second-order valence-corrected chi connectivity index (χ2v) is 3.16. The zero-order chi connectivity index (χ0) is 8.15. The second-order valence-electron chi connectivity index (χ2n) is 3.16. The molecule has 0 atom stereocenters. The zero-order valence-corrected chi connectivity index (χ0v) is 7.27. The molecule has 0 aromatic rings. The molecule has 0 aliphatic heterocycles. The Balaban J connectivity index is 3.40. The number of Topliss-reactive ketones (excluding diaryl/α,β-unsaturated/α-hetero) is 1. The van der Waals surface area contributed by atoms with Gasteiger partial charge in [-0.3, -0.25) is 4.79 Å². The van der Waals surface area contributed by atoms with E-state index in [2.05, 4.69) is 5.32 Å². The number of hydrogen-bond donors (Lipinski definition) is 1. The van der Waals surface area contributed by atoms with Crippen molar-refractivity contribution in [3.8, 4) is 0 Å². The molecule has 0 fully saturated rings. The van der Waals surface area contributed by atoms with E-state index in [-0.39, 0.29) is 11.7 Å². The number of nitrogens with one attached hydrogen (secondary N) is 1. The fraction of sp³-hybridized carbons (Fsp3) is 0.875. The number of rotatable bonds is 4. The number of ketones is 1. The molecule has 0 spiro atoms. The Labute approximate surface area is 63.0 Å². The Morgan fingerprint density at radius 2 is 1.80 bits per heavy atom. The van der Waals surface area contributed by atoms with Crippen molar-refractivity contribution >= 4 is 5.78 Å². The van der Waals surface area contributed by atoms with E-state index < -0.39 is 0 Å². The van der Waals surface area contributed by atoms with Gasteiger partial charge in [0.25, 0.3) is 0 Å². The first-order valence-corrected chi connectivity index (χ1v) is 3.80. The smallest absolute Gasteiger partial charge is 0.149 e. The maximum absolute atomic E-state index is 11.0. The van der Waals surface area contributed by atoms with Gasteiger partial charge in [-0.25, -0.2) is 0 Å². The summed E-state index contributed by atoms with van der Waals surface area (Å²) in [6, 6.07) is 0.405. The SMILES string of the molecule is CC(C)NCC(=O)C(C)C. The van der Waals surface area contributed by atoms with Crippen LogP contribution in [0.25, 0.3) is 0 Å². The van der Waals surface area contributed by atoms with Gasteiger partial charge in [-0.2, -0.15) is 0 Å². The predicted octanol–water partition coefficient (Wildman–Crippen LogP) is 1.21. The van der Waals surface area contributed by atoms with E-state index in [4.69, 9.17) is 0 Å². The minimum absolute atomic E-state index is 0.159. The van der Waals surface area contributed by atoms with E-state index in [9.17, 15) is 4.79 Å². The fourth-order valence-electron chi connectivity index (χ4n) is 0.509. The van der Waals surface area contributed by atoms with Gasteiger partial charge in [-0.1, -0.05) is 27.7 Å². The summed E-state index contributed by atoms with van der Waals surface area (Å²) < 4.78 is 0. The molecule has 0 unspecified atom stereocenters. The number of hydrogen-bond acceptors (Lipinski definition) is 2. The molecule has 0 aliphatic carbocycles. The quantitative estimate of drug-likeness (QED) is 0.641. The molecule has 2 nitrogen and oxygen atoms in total. The molecule has 10 heavy (non-hydrogen) atoms. The van der Waals surface area contributed by atoms with Gasteiger partial charge in [0.2, 0.25) is 0 Å². The Bertz CT molecular complexity index is 108. The first-order valence-electron chi connectivity index (χ1n) is 3.80. The molecule has 0 aromatic carbocycles. The molecule has 0 aliphatic rings. The van der Waals surface area contributed by atoms with Crippen molar-refractivity contribution in [3.63, 3.8) is 0 Å². The van der Waals surface area contributed by atoms with E-state index >= 15 is 0 Å². The Morgan fingerprint density at radius 1 is 1.30 bits per heavy atom. The summed E-state index contributed by atoms with van der Waals surface area (Å²) in [7, 11) is 0. The van der Waals surface area contributed by atoms with Crippen molar-refractivity contribution in [2.75, 3.05) is 6.54 Å². The molecule has 0 bridgehead atoms. The summed E-state index contributed by atoms with van der Waals surface area (Å²) in [5.41, 5.74) is 0. The largest absolute Gasteiger partial charge is 0.308 e. The van der Waals surface area contributed by atoms with Crippen molar-refractivity contribution in [2.24, 2.45) is 5.92 Å². The lowest BCUT2D eigenvalue weighted by Crippen LogP contribution is -2.31. The molecule has 2 heteroatoms. The molecule has 0 rings (SSSR count). The maximum Gasteiger partial charge on any atom is 0.149 e. The summed E-state index contributed by atoms with van der Waals surface area (Å²) in [5, 5.41) is 3.08. The van der Waals surface area contributed by atoms with Crippen LogP contribution in [0.5, 0.6) is 0 Å². The fourth-order valence-corrected chi connectivity index (χ4v) is 0.509. The van der Waals surface area contributed by atoms with Gasteiger partial charge < -0.3 is 5.32 Å². The third-order valence-electron chi connectivity index (χ3n) is 1.33. The first kappa shape index (κ1) is 9.63. The highest BCUT2D eigenvalue weighted by Gasteiger charge is 2.05. The second kappa shape index (κ2) is 4.45.